The molecule has 0 spiro atoms. The Bertz CT molecular complexity index is 2880. The van der Waals surface area contributed by atoms with Gasteiger partial charge in [-0.25, -0.2) is 15.0 Å². The Labute approximate surface area is 319 Å². The van der Waals surface area contributed by atoms with Crippen molar-refractivity contribution < 1.29 is 0 Å². The van der Waals surface area contributed by atoms with Gasteiger partial charge in [-0.2, -0.15) is 0 Å². The second kappa shape index (κ2) is 13.8. The Kier molecular flexibility index (Phi) is 8.12. The molecule has 4 heteroatoms. The van der Waals surface area contributed by atoms with Gasteiger partial charge in [0.05, 0.1) is 11.0 Å². The fraction of sp³-hybridized carbons (Fsp3) is 0. The van der Waals surface area contributed by atoms with Gasteiger partial charge in [0.25, 0.3) is 0 Å². The van der Waals surface area contributed by atoms with Gasteiger partial charge < -0.3 is 4.57 Å². The van der Waals surface area contributed by atoms with Crippen molar-refractivity contribution in [2.75, 3.05) is 0 Å². The summed E-state index contributed by atoms with van der Waals surface area (Å²) in [5, 5.41) is 2.45. The minimum Gasteiger partial charge on any atom is -0.309 e. The molecule has 55 heavy (non-hydrogen) atoms. The molecule has 0 amide bonds. The summed E-state index contributed by atoms with van der Waals surface area (Å²) in [6, 6.07) is 72.3. The van der Waals surface area contributed by atoms with E-state index in [1.54, 1.807) is 0 Å². The molecule has 0 atom stereocenters. The maximum absolute atomic E-state index is 5.17. The highest BCUT2D eigenvalue weighted by atomic mass is 15.0. The van der Waals surface area contributed by atoms with Gasteiger partial charge in [0.1, 0.15) is 0 Å². The predicted octanol–water partition coefficient (Wildman–Crippen LogP) is 13.0. The Morgan fingerprint density at radius 2 is 0.655 bits per heavy atom. The minimum absolute atomic E-state index is 0.622. The SMILES string of the molecule is c1ccc(-c2cc(-c3ccccc3)cc(-c3nc(-c4ccccc4)nc(-c4ccc(-n5c6ccccc6c6cc(-c7ccccc7)ccc65)cc4)n3)c2)cc1. The van der Waals surface area contributed by atoms with E-state index in [4.69, 9.17) is 15.0 Å². The third-order valence-corrected chi connectivity index (χ3v) is 10.2. The molecule has 10 rings (SSSR count). The number of hydrogen-bond donors (Lipinski definition) is 0. The Hall–Kier alpha value is -7.43. The van der Waals surface area contributed by atoms with Crippen molar-refractivity contribution in [3.63, 3.8) is 0 Å². The van der Waals surface area contributed by atoms with Gasteiger partial charge in [-0.1, -0.05) is 146 Å². The zero-order valence-electron chi connectivity index (χ0n) is 29.9. The average Bonchev–Trinajstić information content (AvgIpc) is 3.61. The van der Waals surface area contributed by atoms with Crippen molar-refractivity contribution >= 4 is 21.8 Å². The number of aromatic nitrogens is 4. The molecule has 0 aliphatic heterocycles. The average molecular weight is 703 g/mol. The third-order valence-electron chi connectivity index (χ3n) is 10.2. The van der Waals surface area contributed by atoms with E-state index < -0.39 is 0 Å². The molecule has 10 aromatic rings. The zero-order valence-corrected chi connectivity index (χ0v) is 29.9. The second-order valence-electron chi connectivity index (χ2n) is 13.7. The lowest BCUT2D eigenvalue weighted by Crippen LogP contribution is -2.01. The molecule has 0 radical (unpaired) electrons. The van der Waals surface area contributed by atoms with E-state index in [0.29, 0.717) is 17.5 Å². The maximum Gasteiger partial charge on any atom is 0.164 e. The Morgan fingerprint density at radius 3 is 1.22 bits per heavy atom. The van der Waals surface area contributed by atoms with E-state index in [2.05, 4.69) is 168 Å². The molecule has 0 fully saturated rings. The monoisotopic (exact) mass is 702 g/mol. The predicted molar refractivity (Wildman–Crippen MR) is 227 cm³/mol. The van der Waals surface area contributed by atoms with Crippen LogP contribution in [-0.2, 0) is 0 Å². The number of fused-ring (bicyclic) bond motifs is 3. The van der Waals surface area contributed by atoms with Crippen LogP contribution in [-0.4, -0.2) is 19.5 Å². The van der Waals surface area contributed by atoms with Gasteiger partial charge in [-0.15, -0.1) is 0 Å². The summed E-state index contributed by atoms with van der Waals surface area (Å²) < 4.78 is 2.34. The molecule has 0 unspecified atom stereocenters. The molecule has 8 aromatic carbocycles. The van der Waals surface area contributed by atoms with Gasteiger partial charge in [-0.3, -0.25) is 0 Å². The number of hydrogen-bond acceptors (Lipinski definition) is 3. The Balaban J connectivity index is 1.10. The highest BCUT2D eigenvalue weighted by Crippen LogP contribution is 2.36. The summed E-state index contributed by atoms with van der Waals surface area (Å²) in [6.45, 7) is 0. The molecular formula is C51H34N4. The van der Waals surface area contributed by atoms with Gasteiger partial charge in [0.15, 0.2) is 17.5 Å². The summed E-state index contributed by atoms with van der Waals surface area (Å²) in [5.74, 6) is 1.88. The van der Waals surface area contributed by atoms with Crippen molar-refractivity contribution in [3.05, 3.63) is 206 Å². The molecule has 258 valence electrons. The van der Waals surface area contributed by atoms with E-state index in [9.17, 15) is 0 Å². The second-order valence-corrected chi connectivity index (χ2v) is 13.7. The largest absolute Gasteiger partial charge is 0.309 e. The molecule has 2 heterocycles. The highest BCUT2D eigenvalue weighted by Gasteiger charge is 2.17. The van der Waals surface area contributed by atoms with E-state index in [1.165, 1.54) is 21.9 Å². The van der Waals surface area contributed by atoms with Crippen LogP contribution in [0.5, 0.6) is 0 Å². The van der Waals surface area contributed by atoms with Gasteiger partial charge in [0, 0.05) is 33.2 Å². The highest BCUT2D eigenvalue weighted by molar-refractivity contribution is 6.10. The van der Waals surface area contributed by atoms with Crippen LogP contribution in [0.3, 0.4) is 0 Å². The van der Waals surface area contributed by atoms with Crippen LogP contribution >= 0.6 is 0 Å². The van der Waals surface area contributed by atoms with Crippen LogP contribution < -0.4 is 0 Å². The summed E-state index contributed by atoms with van der Waals surface area (Å²) in [5.41, 5.74) is 13.1. The van der Waals surface area contributed by atoms with Gasteiger partial charge in [0.2, 0.25) is 0 Å². The molecule has 4 nitrogen and oxygen atoms in total. The summed E-state index contributed by atoms with van der Waals surface area (Å²) >= 11 is 0. The molecule has 0 N–H and O–H groups in total. The first-order valence-electron chi connectivity index (χ1n) is 18.5. The van der Waals surface area contributed by atoms with Crippen molar-refractivity contribution in [3.8, 4) is 73.2 Å². The van der Waals surface area contributed by atoms with Crippen LogP contribution in [0.4, 0.5) is 0 Å². The lowest BCUT2D eigenvalue weighted by Gasteiger charge is -2.13. The molecular weight excluding hydrogens is 669 g/mol. The third kappa shape index (κ3) is 6.16. The minimum atomic E-state index is 0.622. The molecule has 0 saturated heterocycles. The van der Waals surface area contributed by atoms with E-state index >= 15 is 0 Å². The number of rotatable bonds is 7. The normalized spacial score (nSPS) is 11.3. The van der Waals surface area contributed by atoms with Crippen LogP contribution in [0, 0.1) is 0 Å². The van der Waals surface area contributed by atoms with E-state index in [0.717, 1.165) is 55.7 Å². The molecule has 2 aromatic heterocycles. The standard InChI is InChI=1S/C51H34N4/c1-5-15-35(16-6-1)40-27-30-48-46(34-40)45-23-13-14-24-47(45)55(48)44-28-25-39(26-29-44)50-52-49(38-21-11-4-12-22-38)53-51(54-50)43-32-41(36-17-7-2-8-18-36)31-42(33-43)37-19-9-3-10-20-37/h1-34H. The summed E-state index contributed by atoms with van der Waals surface area (Å²) in [6.07, 6.45) is 0. The fourth-order valence-corrected chi connectivity index (χ4v) is 7.52. The quantitative estimate of drug-likeness (QED) is 0.166. The zero-order chi connectivity index (χ0) is 36.6. The molecule has 0 saturated carbocycles. The van der Waals surface area contributed by atoms with Gasteiger partial charge in [-0.05, 0) is 94.0 Å². The van der Waals surface area contributed by atoms with Crippen LogP contribution in [0.1, 0.15) is 0 Å². The summed E-state index contributed by atoms with van der Waals surface area (Å²) in [7, 11) is 0. The number of benzene rings is 8. The maximum atomic E-state index is 5.17. The lowest BCUT2D eigenvalue weighted by atomic mass is 9.96. The van der Waals surface area contributed by atoms with Gasteiger partial charge >= 0.3 is 0 Å². The topological polar surface area (TPSA) is 43.6 Å². The van der Waals surface area contributed by atoms with E-state index in [-0.39, 0.29) is 0 Å². The van der Waals surface area contributed by atoms with Crippen LogP contribution in [0.25, 0.3) is 95.0 Å². The fourth-order valence-electron chi connectivity index (χ4n) is 7.52. The number of para-hydroxylation sites is 1. The van der Waals surface area contributed by atoms with Crippen LogP contribution in [0.2, 0.25) is 0 Å². The smallest absolute Gasteiger partial charge is 0.164 e. The number of nitrogens with zero attached hydrogens (tertiary/aromatic N) is 4. The summed E-state index contributed by atoms with van der Waals surface area (Å²) in [4.78, 5) is 15.3. The van der Waals surface area contributed by atoms with Crippen molar-refractivity contribution in [2.24, 2.45) is 0 Å². The lowest BCUT2D eigenvalue weighted by molar-refractivity contribution is 1.07. The van der Waals surface area contributed by atoms with Crippen LogP contribution in [0.15, 0.2) is 206 Å². The Morgan fingerprint density at radius 1 is 0.255 bits per heavy atom. The molecule has 0 bridgehead atoms. The molecule has 0 aliphatic rings. The van der Waals surface area contributed by atoms with Crippen molar-refractivity contribution in [2.45, 2.75) is 0 Å². The first-order valence-corrected chi connectivity index (χ1v) is 18.5. The van der Waals surface area contributed by atoms with E-state index in [1.807, 2.05) is 42.5 Å². The van der Waals surface area contributed by atoms with Crippen molar-refractivity contribution in [1.29, 1.82) is 0 Å². The first-order chi connectivity index (χ1) is 27.2. The molecule has 0 aliphatic carbocycles. The first kappa shape index (κ1) is 32.2. The van der Waals surface area contributed by atoms with Crippen molar-refractivity contribution in [1.82, 2.24) is 19.5 Å².